The van der Waals surface area contributed by atoms with Crippen molar-refractivity contribution in [3.8, 4) is 0 Å². The Morgan fingerprint density at radius 2 is 1.84 bits per heavy atom. The molecule has 1 aromatic rings. The van der Waals surface area contributed by atoms with Crippen LogP contribution < -0.4 is 5.32 Å². The number of esters is 1. The van der Waals surface area contributed by atoms with Gasteiger partial charge in [-0.2, -0.15) is 0 Å². The van der Waals surface area contributed by atoms with Gasteiger partial charge >= 0.3 is 12.1 Å². The monoisotopic (exact) mass is 789 g/mol. The van der Waals surface area contributed by atoms with Crippen LogP contribution in [-0.4, -0.2) is 131 Å². The minimum Gasteiger partial charge on any atom is -0.459 e. The van der Waals surface area contributed by atoms with Crippen LogP contribution in [0.4, 0.5) is 4.79 Å². The van der Waals surface area contributed by atoms with E-state index in [-0.39, 0.29) is 50.8 Å². The molecule has 3 saturated heterocycles. The van der Waals surface area contributed by atoms with Crippen LogP contribution in [0.25, 0.3) is 0 Å². The number of nitrogens with zero attached hydrogens (tertiary/aromatic N) is 2. The Morgan fingerprint density at radius 3 is 2.48 bits per heavy atom. The highest BCUT2D eigenvalue weighted by Gasteiger charge is 2.52. The normalized spacial score (nSPS) is 39.9. The zero-order valence-corrected chi connectivity index (χ0v) is 35.0. The fraction of sp³-hybridized carbons (Fsp3) is 0.738. The highest BCUT2D eigenvalue weighted by Crippen LogP contribution is 2.43. The number of aliphatic hydroxyl groups is 3. The predicted molar refractivity (Wildman–Crippen MR) is 209 cm³/mol. The van der Waals surface area contributed by atoms with E-state index in [4.69, 9.17) is 28.4 Å². The molecule has 0 aliphatic carbocycles. The topological polar surface area (TPSA) is 178 Å². The van der Waals surface area contributed by atoms with E-state index < -0.39 is 77.8 Å². The molecule has 1 amide bonds. The Morgan fingerprint density at radius 1 is 1.12 bits per heavy atom. The van der Waals surface area contributed by atoms with Gasteiger partial charge in [0.1, 0.15) is 24.4 Å². The van der Waals surface area contributed by atoms with Crippen LogP contribution in [0.2, 0.25) is 0 Å². The Balaban J connectivity index is 1.82. The van der Waals surface area contributed by atoms with E-state index in [1.54, 1.807) is 39.2 Å². The number of likely N-dealkylation sites (N-methyl/N-ethyl adjacent to an activating group) is 1. The number of carbonyl (C=O) groups excluding carboxylic acids is 2. The second-order valence-corrected chi connectivity index (χ2v) is 16.8. The summed E-state index contributed by atoms with van der Waals surface area (Å²) in [5, 5.41) is 38.7. The van der Waals surface area contributed by atoms with Gasteiger partial charge in [-0.3, -0.25) is 9.78 Å². The van der Waals surface area contributed by atoms with Gasteiger partial charge in [0.15, 0.2) is 6.29 Å². The number of alkyl carbamates (subject to hydrolysis) is 1. The number of ether oxygens (including phenoxy) is 6. The molecule has 0 aromatic carbocycles. The number of rotatable bonds is 8. The molecule has 4 rings (SSSR count). The molecule has 3 aliphatic heterocycles. The second-order valence-electron chi connectivity index (χ2n) is 16.8. The van der Waals surface area contributed by atoms with E-state index in [1.807, 2.05) is 65.8 Å². The maximum atomic E-state index is 13.9. The summed E-state index contributed by atoms with van der Waals surface area (Å²) in [4.78, 5) is 32.7. The number of aliphatic hydroxyl groups excluding tert-OH is 2. The van der Waals surface area contributed by atoms with Crippen LogP contribution >= 0.6 is 0 Å². The summed E-state index contributed by atoms with van der Waals surface area (Å²) < 4.78 is 38.1. The van der Waals surface area contributed by atoms with Gasteiger partial charge in [-0.1, -0.05) is 45.9 Å². The lowest BCUT2D eigenvalue weighted by atomic mass is 9.72. The van der Waals surface area contributed by atoms with Gasteiger partial charge in [0, 0.05) is 36.8 Å². The van der Waals surface area contributed by atoms with Crippen molar-refractivity contribution in [1.29, 1.82) is 0 Å². The van der Waals surface area contributed by atoms with Crippen molar-refractivity contribution in [2.75, 3.05) is 33.9 Å². The zero-order chi connectivity index (χ0) is 41.5. The Hall–Kier alpha value is -2.95. The molecule has 2 bridgehead atoms. The van der Waals surface area contributed by atoms with Crippen molar-refractivity contribution < 1.29 is 53.3 Å². The van der Waals surface area contributed by atoms with Crippen molar-refractivity contribution >= 4 is 12.1 Å². The molecule has 14 atom stereocenters. The summed E-state index contributed by atoms with van der Waals surface area (Å²) in [6.45, 7) is 19.0. The number of cyclic esters (lactones) is 1. The highest BCUT2D eigenvalue weighted by atomic mass is 16.7. The average molecular weight is 790 g/mol. The molecule has 4 heterocycles. The second kappa shape index (κ2) is 19.7. The van der Waals surface area contributed by atoms with Gasteiger partial charge in [0.25, 0.3) is 0 Å². The first-order valence-electron chi connectivity index (χ1n) is 20.0. The van der Waals surface area contributed by atoms with Gasteiger partial charge in [0.05, 0.1) is 49.1 Å². The largest absolute Gasteiger partial charge is 0.459 e. The van der Waals surface area contributed by atoms with Gasteiger partial charge in [-0.05, 0) is 90.2 Å². The minimum absolute atomic E-state index is 0.0209. The van der Waals surface area contributed by atoms with Crippen molar-refractivity contribution in [2.24, 2.45) is 23.7 Å². The smallest absolute Gasteiger partial charge is 0.407 e. The van der Waals surface area contributed by atoms with E-state index in [9.17, 15) is 24.9 Å². The molecular formula is C42H67N3O11. The van der Waals surface area contributed by atoms with Crippen molar-refractivity contribution in [3.63, 3.8) is 0 Å². The van der Waals surface area contributed by atoms with Crippen molar-refractivity contribution in [2.45, 2.75) is 141 Å². The van der Waals surface area contributed by atoms with Crippen LogP contribution in [0.1, 0.15) is 80.2 Å². The molecule has 0 spiro atoms. The number of hydrogen-bond acceptors (Lipinski definition) is 13. The summed E-state index contributed by atoms with van der Waals surface area (Å²) >= 11 is 0. The molecule has 3 aliphatic rings. The van der Waals surface area contributed by atoms with Crippen LogP contribution in [0, 0.1) is 23.7 Å². The van der Waals surface area contributed by atoms with Crippen LogP contribution in [0.3, 0.4) is 0 Å². The first kappa shape index (κ1) is 45.7. The zero-order valence-electron chi connectivity index (χ0n) is 35.0. The summed E-state index contributed by atoms with van der Waals surface area (Å²) in [5.74, 6) is -3.29. The van der Waals surface area contributed by atoms with Crippen LogP contribution in [0.15, 0.2) is 48.3 Å². The SMILES string of the molecule is C=C1COC2[C@@H](C)/C(=C/COC(=O)NCc3cccnc3)[C@H](C)C[C@@](C)(OC1)[C@H](OC1O[C@H](C)C[C@H](N(C)C)[C@H]1O)[C@@H](C)[C@H](O)[C@@H](C)C(=O)O[C@H](CC)[C@@]2(C)O. The van der Waals surface area contributed by atoms with Crippen LogP contribution in [0.5, 0.6) is 0 Å². The van der Waals surface area contributed by atoms with E-state index >= 15 is 0 Å². The number of fused-ring (bicyclic) bond motifs is 5. The molecule has 316 valence electrons. The standard InChI is InChI=1S/C42H67N3O11/c1-12-33-42(9,50)37-27(5)31(15-17-51-40(49)44-21-30-14-13-16-43-20-30)25(3)19-41(8,53-23-24(2)22-52-37)36(28(6)34(46)29(7)38(48)55-33)56-39-35(47)32(45(10)11)18-26(4)54-39/h13-16,20,25-29,32-37,39,46-47,50H,2,12,17-19,21-23H2,1,3-11H3,(H,44,49)/b31-15+/t25-,26-,27+,28+,29-,32+,33-,34+,35-,36-,37?,39?,41-,42-/m1/s1. The van der Waals surface area contributed by atoms with Crippen LogP contribution in [-0.2, 0) is 39.8 Å². The summed E-state index contributed by atoms with van der Waals surface area (Å²) in [6, 6.07) is 3.37. The molecule has 4 N–H and O–H groups in total. The van der Waals surface area contributed by atoms with E-state index in [2.05, 4.69) is 16.9 Å². The Labute approximate surface area is 332 Å². The third-order valence-electron chi connectivity index (χ3n) is 11.9. The molecule has 14 nitrogen and oxygen atoms in total. The molecule has 0 saturated carbocycles. The summed E-state index contributed by atoms with van der Waals surface area (Å²) in [5.41, 5.74) is -0.689. The van der Waals surface area contributed by atoms with Gasteiger partial charge < -0.3 is 54.0 Å². The van der Waals surface area contributed by atoms with E-state index in [0.717, 1.165) is 11.1 Å². The van der Waals surface area contributed by atoms with Gasteiger partial charge in [-0.15, -0.1) is 0 Å². The molecule has 2 unspecified atom stereocenters. The predicted octanol–water partition coefficient (Wildman–Crippen LogP) is 4.16. The highest BCUT2D eigenvalue weighted by molar-refractivity contribution is 5.73. The Bertz CT molecular complexity index is 1490. The number of carbonyl (C=O) groups is 2. The lowest BCUT2D eigenvalue weighted by Gasteiger charge is -2.48. The van der Waals surface area contributed by atoms with Crippen molar-refractivity contribution in [1.82, 2.24) is 15.2 Å². The number of amides is 1. The third-order valence-corrected chi connectivity index (χ3v) is 11.9. The number of aromatic nitrogens is 1. The quantitative estimate of drug-likeness (QED) is 0.218. The molecular weight excluding hydrogens is 722 g/mol. The minimum atomic E-state index is -1.71. The summed E-state index contributed by atoms with van der Waals surface area (Å²) in [6.07, 6.45) is -0.823. The number of nitrogens with one attached hydrogen (secondary N) is 1. The first-order valence-corrected chi connectivity index (χ1v) is 20.0. The van der Waals surface area contributed by atoms with Gasteiger partial charge in [-0.25, -0.2) is 4.79 Å². The fourth-order valence-electron chi connectivity index (χ4n) is 8.71. The Kier molecular flexibility index (Phi) is 16.1. The lowest BCUT2D eigenvalue weighted by molar-refractivity contribution is -0.303. The molecule has 0 radical (unpaired) electrons. The molecule has 3 fully saturated rings. The molecule has 14 heteroatoms. The van der Waals surface area contributed by atoms with Gasteiger partial charge in [0.2, 0.25) is 0 Å². The number of pyridine rings is 1. The summed E-state index contributed by atoms with van der Waals surface area (Å²) in [7, 11) is 3.79. The van der Waals surface area contributed by atoms with Crippen molar-refractivity contribution in [3.05, 3.63) is 53.9 Å². The number of hydrogen-bond donors (Lipinski definition) is 4. The molecule has 1 aromatic heterocycles. The molecule has 56 heavy (non-hydrogen) atoms. The average Bonchev–Trinajstić information content (AvgIpc) is 3.16. The maximum absolute atomic E-state index is 13.9. The fourth-order valence-corrected chi connectivity index (χ4v) is 8.71. The first-order chi connectivity index (χ1) is 26.3. The maximum Gasteiger partial charge on any atom is 0.407 e. The van der Waals surface area contributed by atoms with E-state index in [1.165, 1.54) is 0 Å². The third kappa shape index (κ3) is 11.0. The lowest BCUT2D eigenvalue weighted by Crippen LogP contribution is -2.60. The van der Waals surface area contributed by atoms with E-state index in [0.29, 0.717) is 18.4 Å².